The van der Waals surface area contributed by atoms with Crippen molar-refractivity contribution in [2.75, 3.05) is 13.1 Å². The Morgan fingerprint density at radius 2 is 1.61 bits per heavy atom. The summed E-state index contributed by atoms with van der Waals surface area (Å²) in [7, 11) is 0. The van der Waals surface area contributed by atoms with E-state index in [1.165, 1.54) is 4.90 Å². The SMILES string of the molecule is Cc1ncsc1-c1ccc(CNC(=O)[C@@H]2C[C@@H](O)CN2C(=O)C(NC(=O)CCCCCCCCCCNC(=O)O[C@H]2C[C@@H](C)C=C3C=C[C@H](C)[C@H](CC[C@@H](O)C[C@@H](O)CC(=O)O)[C@H]32)C(C)(C)C)cc1. The maximum atomic E-state index is 14.0. The van der Waals surface area contributed by atoms with Gasteiger partial charge in [0.2, 0.25) is 17.7 Å². The van der Waals surface area contributed by atoms with Crippen LogP contribution in [0.15, 0.2) is 53.6 Å². The molecule has 2 aliphatic carbocycles. The number of aliphatic hydroxyl groups is 3. The predicted octanol–water partition coefficient (Wildman–Crippen LogP) is 7.60. The number of aliphatic carboxylic acids is 1. The first-order valence-corrected chi connectivity index (χ1v) is 26.2. The molecule has 1 saturated heterocycles. The van der Waals surface area contributed by atoms with Crippen LogP contribution in [-0.4, -0.2) is 110 Å². The highest BCUT2D eigenvalue weighted by Crippen LogP contribution is 2.45. The molecule has 2 heterocycles. The standard InChI is InChI=1S/C53H79N5O10S/c1-33-25-38-19-16-34(2)42(23-22-39(59)27-40(60)29-46(63)64)47(38)44(26-33)68-52(67)54-24-14-12-10-8-7-9-11-13-15-45(62)57-49(53(4,5)6)51(66)58-31-41(61)28-43(58)50(65)55-30-36-17-20-37(21-18-36)48-35(3)56-32-69-48/h16-21,25,32-34,39-44,47,49,59-61H,7-15,22-24,26-31H2,1-6H3,(H,54,67)(H,55,65)(H,57,62)(H,63,64)/t33-,34-,39+,40+,41+,42-,43-,44-,47-,49?/m0/s1. The number of β-amino-alcohol motifs (C(OH)–C–C–N with tert-alkyl or cyclic N) is 1. The van der Waals surface area contributed by atoms with E-state index in [-0.39, 0.29) is 79.8 Å². The molecule has 5 rings (SSSR count). The Balaban J connectivity index is 0.953. The molecule has 0 spiro atoms. The molecule has 69 heavy (non-hydrogen) atoms. The molecule has 10 atom stereocenters. The number of allylic oxidation sites excluding steroid dienone is 3. The number of hydrogen-bond donors (Lipinski definition) is 7. The van der Waals surface area contributed by atoms with E-state index >= 15 is 0 Å². The van der Waals surface area contributed by atoms with Crippen molar-refractivity contribution in [2.24, 2.45) is 29.1 Å². The van der Waals surface area contributed by atoms with Gasteiger partial charge in [-0.05, 0) is 85.3 Å². The van der Waals surface area contributed by atoms with Crippen molar-refractivity contribution in [3.63, 3.8) is 0 Å². The maximum Gasteiger partial charge on any atom is 0.407 e. The number of aromatic nitrogens is 1. The highest BCUT2D eigenvalue weighted by molar-refractivity contribution is 7.13. The number of thiazole rings is 1. The molecule has 1 unspecified atom stereocenters. The minimum atomic E-state index is -1.10. The molecule has 15 nitrogen and oxygen atoms in total. The Bertz CT molecular complexity index is 2070. The summed E-state index contributed by atoms with van der Waals surface area (Å²) >= 11 is 1.58. The average Bonchev–Trinajstić information content (AvgIpc) is 3.90. The third kappa shape index (κ3) is 17.0. The molecule has 0 saturated carbocycles. The lowest BCUT2D eigenvalue weighted by Crippen LogP contribution is -2.57. The highest BCUT2D eigenvalue weighted by atomic mass is 32.1. The van der Waals surface area contributed by atoms with E-state index in [1.54, 1.807) is 11.3 Å². The number of carbonyl (C=O) groups excluding carboxylic acids is 4. The van der Waals surface area contributed by atoms with Crippen molar-refractivity contribution in [1.82, 2.24) is 25.8 Å². The fourth-order valence-corrected chi connectivity index (χ4v) is 11.0. The molecule has 2 aromatic rings. The van der Waals surface area contributed by atoms with Crippen molar-refractivity contribution in [2.45, 2.75) is 181 Å². The molecule has 0 bridgehead atoms. The second-order valence-corrected chi connectivity index (χ2v) is 21.8. The zero-order chi connectivity index (χ0) is 50.3. The second-order valence-electron chi connectivity index (χ2n) is 20.9. The van der Waals surface area contributed by atoms with Crippen LogP contribution in [0.4, 0.5) is 4.79 Å². The lowest BCUT2D eigenvalue weighted by molar-refractivity contribution is -0.144. The quantitative estimate of drug-likeness (QED) is 0.0479. The smallest absolute Gasteiger partial charge is 0.407 e. The first kappa shape index (κ1) is 55.3. The van der Waals surface area contributed by atoms with Crippen LogP contribution in [-0.2, 0) is 30.5 Å². The predicted molar refractivity (Wildman–Crippen MR) is 267 cm³/mol. The van der Waals surface area contributed by atoms with Crippen molar-refractivity contribution < 1.29 is 49.1 Å². The molecule has 382 valence electrons. The highest BCUT2D eigenvalue weighted by Gasteiger charge is 2.45. The van der Waals surface area contributed by atoms with E-state index < -0.39 is 54.3 Å². The number of aryl methyl sites for hydroxylation is 1. The number of nitrogens with zero attached hydrogens (tertiary/aromatic N) is 2. The van der Waals surface area contributed by atoms with E-state index in [2.05, 4.69) is 53.0 Å². The van der Waals surface area contributed by atoms with E-state index in [0.717, 1.165) is 72.2 Å². The van der Waals surface area contributed by atoms with Crippen molar-refractivity contribution in [1.29, 1.82) is 0 Å². The number of carboxylic acids is 1. The normalized spacial score (nSPS) is 23.6. The van der Waals surface area contributed by atoms with Crippen LogP contribution in [0.2, 0.25) is 0 Å². The number of unbranched alkanes of at least 4 members (excludes halogenated alkanes) is 7. The Morgan fingerprint density at radius 1 is 0.928 bits per heavy atom. The van der Waals surface area contributed by atoms with Crippen LogP contribution in [0.3, 0.4) is 0 Å². The lowest BCUT2D eigenvalue weighted by atomic mass is 9.65. The van der Waals surface area contributed by atoms with Crippen LogP contribution in [0.1, 0.15) is 142 Å². The number of ether oxygens (including phenoxy) is 1. The van der Waals surface area contributed by atoms with Gasteiger partial charge in [0.05, 0.1) is 40.8 Å². The summed E-state index contributed by atoms with van der Waals surface area (Å²) in [6.45, 7) is 12.7. The number of hydrogen-bond acceptors (Lipinski definition) is 11. The molecule has 0 radical (unpaired) electrons. The lowest BCUT2D eigenvalue weighted by Gasteiger charge is -2.43. The summed E-state index contributed by atoms with van der Waals surface area (Å²) in [6, 6.07) is 6.20. The van der Waals surface area contributed by atoms with Gasteiger partial charge in [0.15, 0.2) is 0 Å². The summed E-state index contributed by atoms with van der Waals surface area (Å²) < 4.78 is 6.08. The molecule has 7 N–H and O–H groups in total. The number of nitrogens with one attached hydrogen (secondary N) is 3. The summed E-state index contributed by atoms with van der Waals surface area (Å²) in [5, 5.41) is 49.0. The van der Waals surface area contributed by atoms with Gasteiger partial charge in [0.25, 0.3) is 0 Å². The van der Waals surface area contributed by atoms with Crippen LogP contribution >= 0.6 is 11.3 Å². The third-order valence-corrected chi connectivity index (χ3v) is 14.9. The molecule has 1 aromatic heterocycles. The fraction of sp³-hybridized carbons (Fsp3) is 0.660. The molecule has 16 heteroatoms. The zero-order valence-electron chi connectivity index (χ0n) is 41.7. The number of carboxylic acid groups (broad SMARTS) is 1. The minimum absolute atomic E-state index is 0.00633. The largest absolute Gasteiger partial charge is 0.481 e. The van der Waals surface area contributed by atoms with Gasteiger partial charge in [-0.2, -0.15) is 0 Å². The van der Waals surface area contributed by atoms with Crippen LogP contribution < -0.4 is 16.0 Å². The van der Waals surface area contributed by atoms with Crippen molar-refractivity contribution in [3.8, 4) is 10.4 Å². The summed E-state index contributed by atoms with van der Waals surface area (Å²) in [5.41, 5.74) is 5.27. The van der Waals surface area contributed by atoms with Crippen LogP contribution in [0, 0.1) is 36.0 Å². The number of alkyl carbamates (subject to hydrolysis) is 1. The van der Waals surface area contributed by atoms with Crippen LogP contribution in [0.5, 0.6) is 0 Å². The van der Waals surface area contributed by atoms with Crippen molar-refractivity contribution >= 4 is 41.1 Å². The topological polar surface area (TPSA) is 228 Å². The van der Waals surface area contributed by atoms with Gasteiger partial charge in [-0.1, -0.05) is 116 Å². The molecule has 1 aromatic carbocycles. The first-order valence-electron chi connectivity index (χ1n) is 25.3. The molecule has 1 aliphatic heterocycles. The average molecular weight is 978 g/mol. The van der Waals surface area contributed by atoms with Gasteiger partial charge in [-0.15, -0.1) is 11.3 Å². The van der Waals surface area contributed by atoms with E-state index in [1.807, 2.05) is 57.5 Å². The van der Waals surface area contributed by atoms with Gasteiger partial charge < -0.3 is 46.0 Å². The van der Waals surface area contributed by atoms with Gasteiger partial charge in [0.1, 0.15) is 18.2 Å². The minimum Gasteiger partial charge on any atom is -0.481 e. The van der Waals surface area contributed by atoms with E-state index in [9.17, 15) is 39.3 Å². The van der Waals surface area contributed by atoms with E-state index in [0.29, 0.717) is 32.2 Å². The summed E-state index contributed by atoms with van der Waals surface area (Å²) in [4.78, 5) is 71.5. The number of amides is 4. The Labute approximate surface area is 413 Å². The number of likely N-dealkylation sites (tertiary alicyclic amines) is 1. The molecule has 1 fully saturated rings. The van der Waals surface area contributed by atoms with Gasteiger partial charge in [-0.25, -0.2) is 9.78 Å². The molecule has 3 aliphatic rings. The first-order chi connectivity index (χ1) is 32.8. The molecular weight excluding hydrogens is 899 g/mol. The Kier molecular flexibility index (Phi) is 21.3. The summed E-state index contributed by atoms with van der Waals surface area (Å²) in [5.74, 6) is -1.47. The molecule has 4 amide bonds. The Hall–Kier alpha value is -4.64. The monoisotopic (exact) mass is 978 g/mol. The number of benzene rings is 1. The number of aliphatic hydroxyl groups excluding tert-OH is 3. The second kappa shape index (κ2) is 26.5. The van der Waals surface area contributed by atoms with E-state index in [4.69, 9.17) is 9.84 Å². The van der Waals surface area contributed by atoms with Crippen molar-refractivity contribution in [3.05, 3.63) is 64.8 Å². The third-order valence-electron chi connectivity index (χ3n) is 14.0. The zero-order valence-corrected chi connectivity index (χ0v) is 42.5. The van der Waals surface area contributed by atoms with Gasteiger partial charge in [-0.3, -0.25) is 19.2 Å². The van der Waals surface area contributed by atoms with Crippen LogP contribution in [0.25, 0.3) is 10.4 Å². The maximum absolute atomic E-state index is 14.0. The number of fused-ring (bicyclic) bond motifs is 1. The van der Waals surface area contributed by atoms with Gasteiger partial charge in [0, 0.05) is 38.4 Å². The number of rotatable bonds is 25. The summed E-state index contributed by atoms with van der Waals surface area (Å²) in [6.07, 6.45) is 12.3. The molecular formula is C53H79N5O10S. The fourth-order valence-electron chi connectivity index (χ4n) is 10.2. The number of carbonyl (C=O) groups is 5. The van der Waals surface area contributed by atoms with Gasteiger partial charge >= 0.3 is 12.1 Å². The Morgan fingerprint density at radius 3 is 2.26 bits per heavy atom.